The number of amides is 3. The quantitative estimate of drug-likeness (QED) is 0.380. The van der Waals surface area contributed by atoms with Gasteiger partial charge in [0.25, 0.3) is 0 Å². The average Bonchev–Trinajstić information content (AvgIpc) is 3.58. The van der Waals surface area contributed by atoms with E-state index in [9.17, 15) is 14.4 Å². The number of anilines is 3. The highest BCUT2D eigenvalue weighted by Crippen LogP contribution is 2.30. The highest BCUT2D eigenvalue weighted by molar-refractivity contribution is 7.99. The van der Waals surface area contributed by atoms with E-state index in [0.717, 1.165) is 17.9 Å². The van der Waals surface area contributed by atoms with Crippen LogP contribution in [0.3, 0.4) is 0 Å². The Hall–Kier alpha value is -3.14. The Morgan fingerprint density at radius 1 is 1.10 bits per heavy atom. The van der Waals surface area contributed by atoms with Crippen LogP contribution in [0.4, 0.5) is 17.2 Å². The first-order valence-corrected chi connectivity index (χ1v) is 11.0. The SMILES string of the molecule is COc1ccc(NC(C)=O)cc1NC(=O)CCCSc1ccc(NC(=O)C2CC2)nn1. The second-order valence-electron chi connectivity index (χ2n) is 7.12. The van der Waals surface area contributed by atoms with Gasteiger partial charge in [-0.05, 0) is 49.6 Å². The molecule has 0 unspecified atom stereocenters. The zero-order valence-corrected chi connectivity index (χ0v) is 18.3. The maximum atomic E-state index is 12.3. The Morgan fingerprint density at radius 3 is 2.55 bits per heavy atom. The third kappa shape index (κ3) is 7.25. The molecule has 0 atom stereocenters. The van der Waals surface area contributed by atoms with Gasteiger partial charge in [0.15, 0.2) is 5.82 Å². The van der Waals surface area contributed by atoms with Crippen molar-refractivity contribution in [3.05, 3.63) is 30.3 Å². The number of benzene rings is 1. The smallest absolute Gasteiger partial charge is 0.228 e. The first-order chi connectivity index (χ1) is 14.9. The van der Waals surface area contributed by atoms with Crippen molar-refractivity contribution in [2.45, 2.75) is 37.6 Å². The van der Waals surface area contributed by atoms with Crippen molar-refractivity contribution < 1.29 is 19.1 Å². The summed E-state index contributed by atoms with van der Waals surface area (Å²) in [4.78, 5) is 35.3. The number of methoxy groups -OCH3 is 1. The van der Waals surface area contributed by atoms with E-state index < -0.39 is 0 Å². The Morgan fingerprint density at radius 2 is 1.90 bits per heavy atom. The van der Waals surface area contributed by atoms with Gasteiger partial charge in [-0.1, -0.05) is 0 Å². The number of hydrogen-bond donors (Lipinski definition) is 3. The summed E-state index contributed by atoms with van der Waals surface area (Å²) in [5, 5.41) is 17.1. The van der Waals surface area contributed by atoms with Gasteiger partial charge in [-0.25, -0.2) is 0 Å². The van der Waals surface area contributed by atoms with Crippen LogP contribution >= 0.6 is 11.8 Å². The first-order valence-electron chi connectivity index (χ1n) is 9.97. The Balaban J connectivity index is 1.42. The van der Waals surface area contributed by atoms with Gasteiger partial charge in [-0.2, -0.15) is 0 Å². The maximum Gasteiger partial charge on any atom is 0.228 e. The maximum absolute atomic E-state index is 12.3. The summed E-state index contributed by atoms with van der Waals surface area (Å²) in [5.74, 6) is 1.44. The van der Waals surface area contributed by atoms with Gasteiger partial charge < -0.3 is 20.7 Å². The molecule has 1 aromatic heterocycles. The lowest BCUT2D eigenvalue weighted by atomic mass is 10.2. The van der Waals surface area contributed by atoms with Crippen molar-refractivity contribution in [1.82, 2.24) is 10.2 Å². The number of carbonyl (C=O) groups is 3. The molecule has 1 fully saturated rings. The van der Waals surface area contributed by atoms with E-state index in [-0.39, 0.29) is 23.6 Å². The van der Waals surface area contributed by atoms with Crippen molar-refractivity contribution in [3.8, 4) is 5.75 Å². The average molecular weight is 444 g/mol. The molecule has 1 aliphatic rings. The van der Waals surface area contributed by atoms with Crippen LogP contribution in [0.1, 0.15) is 32.6 Å². The van der Waals surface area contributed by atoms with Crippen LogP contribution in [0.2, 0.25) is 0 Å². The van der Waals surface area contributed by atoms with Crippen molar-refractivity contribution in [2.24, 2.45) is 5.92 Å². The van der Waals surface area contributed by atoms with Gasteiger partial charge in [0.1, 0.15) is 10.8 Å². The van der Waals surface area contributed by atoms with Gasteiger partial charge in [0.2, 0.25) is 17.7 Å². The predicted octanol–water partition coefficient (Wildman–Crippen LogP) is 3.30. The lowest BCUT2D eigenvalue weighted by Gasteiger charge is -2.12. The summed E-state index contributed by atoms with van der Waals surface area (Å²) in [7, 11) is 1.52. The van der Waals surface area contributed by atoms with E-state index in [2.05, 4.69) is 26.1 Å². The monoisotopic (exact) mass is 443 g/mol. The van der Waals surface area contributed by atoms with Crippen LogP contribution in [-0.2, 0) is 14.4 Å². The molecule has 9 nitrogen and oxygen atoms in total. The van der Waals surface area contributed by atoms with E-state index in [1.807, 2.05) is 0 Å². The molecule has 0 spiro atoms. The molecule has 1 aromatic carbocycles. The van der Waals surface area contributed by atoms with Crippen molar-refractivity contribution in [3.63, 3.8) is 0 Å². The molecule has 3 N–H and O–H groups in total. The van der Waals surface area contributed by atoms with Crippen LogP contribution in [0.25, 0.3) is 0 Å². The van der Waals surface area contributed by atoms with E-state index in [1.165, 1.54) is 25.8 Å². The van der Waals surface area contributed by atoms with Crippen LogP contribution in [0.5, 0.6) is 5.75 Å². The van der Waals surface area contributed by atoms with E-state index in [4.69, 9.17) is 4.74 Å². The van der Waals surface area contributed by atoms with Crippen LogP contribution in [0, 0.1) is 5.92 Å². The predicted molar refractivity (Wildman–Crippen MR) is 119 cm³/mol. The molecule has 3 amide bonds. The molecule has 2 aromatic rings. The molecule has 3 rings (SSSR count). The van der Waals surface area contributed by atoms with E-state index in [1.54, 1.807) is 30.3 Å². The minimum Gasteiger partial charge on any atom is -0.495 e. The van der Waals surface area contributed by atoms with Crippen LogP contribution < -0.4 is 20.7 Å². The van der Waals surface area contributed by atoms with Gasteiger partial charge in [0, 0.05) is 30.7 Å². The highest BCUT2D eigenvalue weighted by atomic mass is 32.2. The number of hydrogen-bond acceptors (Lipinski definition) is 7. The standard InChI is InChI=1S/C21H25N5O4S/c1-13(27)22-15-7-8-17(30-2)16(12-15)23-19(28)4-3-11-31-20-10-9-18(25-26-20)24-21(29)14-5-6-14/h7-10,12,14H,3-6,11H2,1-2H3,(H,22,27)(H,23,28)(H,24,25,29). The molecule has 10 heteroatoms. The number of ether oxygens (including phenoxy) is 1. The summed E-state index contributed by atoms with van der Waals surface area (Å²) < 4.78 is 5.27. The Labute approximate surface area is 184 Å². The number of thioether (sulfide) groups is 1. The summed E-state index contributed by atoms with van der Waals surface area (Å²) >= 11 is 1.49. The van der Waals surface area contributed by atoms with Crippen LogP contribution in [-0.4, -0.2) is 40.8 Å². The van der Waals surface area contributed by atoms with Crippen molar-refractivity contribution >= 4 is 46.7 Å². The zero-order chi connectivity index (χ0) is 22.2. The number of aromatic nitrogens is 2. The van der Waals surface area contributed by atoms with E-state index in [0.29, 0.717) is 41.5 Å². The van der Waals surface area contributed by atoms with Crippen LogP contribution in [0.15, 0.2) is 35.4 Å². The Kier molecular flexibility index (Phi) is 7.82. The number of rotatable bonds is 10. The first kappa shape index (κ1) is 22.5. The van der Waals surface area contributed by atoms with Gasteiger partial charge in [-0.3, -0.25) is 14.4 Å². The molecule has 1 saturated carbocycles. The van der Waals surface area contributed by atoms with Gasteiger partial charge in [-0.15, -0.1) is 22.0 Å². The topological polar surface area (TPSA) is 122 Å². The van der Waals surface area contributed by atoms with Crippen molar-refractivity contribution in [1.29, 1.82) is 0 Å². The second kappa shape index (κ2) is 10.8. The zero-order valence-electron chi connectivity index (χ0n) is 17.4. The van der Waals surface area contributed by atoms with Gasteiger partial charge >= 0.3 is 0 Å². The number of carbonyl (C=O) groups excluding carboxylic acids is 3. The normalized spacial score (nSPS) is 12.7. The summed E-state index contributed by atoms with van der Waals surface area (Å²) in [6.45, 7) is 1.42. The molecular formula is C21H25N5O4S. The highest BCUT2D eigenvalue weighted by Gasteiger charge is 2.29. The summed E-state index contributed by atoms with van der Waals surface area (Å²) in [5.41, 5.74) is 1.08. The summed E-state index contributed by atoms with van der Waals surface area (Å²) in [6.07, 6.45) is 2.85. The second-order valence-corrected chi connectivity index (χ2v) is 8.23. The summed E-state index contributed by atoms with van der Waals surface area (Å²) in [6, 6.07) is 8.59. The third-order valence-electron chi connectivity index (χ3n) is 4.43. The molecule has 31 heavy (non-hydrogen) atoms. The molecule has 1 aliphatic carbocycles. The molecule has 164 valence electrons. The third-order valence-corrected chi connectivity index (χ3v) is 5.44. The lowest BCUT2D eigenvalue weighted by Crippen LogP contribution is -2.14. The fourth-order valence-corrected chi connectivity index (χ4v) is 3.51. The molecule has 1 heterocycles. The Bertz CT molecular complexity index is 947. The number of nitrogens with one attached hydrogen (secondary N) is 3. The molecule has 0 radical (unpaired) electrons. The van der Waals surface area contributed by atoms with Gasteiger partial charge in [0.05, 0.1) is 12.8 Å². The van der Waals surface area contributed by atoms with E-state index >= 15 is 0 Å². The van der Waals surface area contributed by atoms with Crippen molar-refractivity contribution in [2.75, 3.05) is 28.8 Å². The fourth-order valence-electron chi connectivity index (χ4n) is 2.75. The minimum atomic E-state index is -0.194. The molecule has 0 aliphatic heterocycles. The number of nitrogens with zero attached hydrogens (tertiary/aromatic N) is 2. The largest absolute Gasteiger partial charge is 0.495 e. The molecule has 0 bridgehead atoms. The lowest BCUT2D eigenvalue weighted by molar-refractivity contribution is -0.117. The molecular weight excluding hydrogens is 418 g/mol. The molecule has 0 saturated heterocycles. The fraction of sp³-hybridized carbons (Fsp3) is 0.381. The minimum absolute atomic E-state index is 0.0000393.